The summed E-state index contributed by atoms with van der Waals surface area (Å²) in [5.41, 5.74) is 1.89. The highest BCUT2D eigenvalue weighted by Gasteiger charge is 2.15. The van der Waals surface area contributed by atoms with Crippen molar-refractivity contribution >= 4 is 5.97 Å². The van der Waals surface area contributed by atoms with Gasteiger partial charge in [0.25, 0.3) is 0 Å². The fourth-order valence-electron chi connectivity index (χ4n) is 2.01. The summed E-state index contributed by atoms with van der Waals surface area (Å²) < 4.78 is 20.5. The number of ether oxygens (including phenoxy) is 4. The fourth-order valence-corrected chi connectivity index (χ4v) is 2.01. The average Bonchev–Trinajstić information content (AvgIpc) is 2.60. The molecule has 23 heavy (non-hydrogen) atoms. The van der Waals surface area contributed by atoms with Crippen LogP contribution in [0.25, 0.3) is 11.3 Å². The summed E-state index contributed by atoms with van der Waals surface area (Å²) in [6.07, 6.45) is 1.66. The second-order valence-corrected chi connectivity index (χ2v) is 4.57. The lowest BCUT2D eigenvalue weighted by Gasteiger charge is -2.11. The monoisotopic (exact) mass is 317 g/mol. The molecule has 1 aromatic heterocycles. The zero-order chi connectivity index (χ0) is 16.7. The molecule has 0 N–H and O–H groups in total. The maximum absolute atomic E-state index is 11.8. The van der Waals surface area contributed by atoms with Gasteiger partial charge in [0.05, 0.1) is 25.6 Å². The number of pyridine rings is 1. The molecule has 0 saturated carbocycles. The van der Waals surface area contributed by atoms with Crippen molar-refractivity contribution in [3.8, 4) is 22.8 Å². The van der Waals surface area contributed by atoms with Crippen molar-refractivity contribution in [2.45, 2.75) is 6.92 Å². The summed E-state index contributed by atoms with van der Waals surface area (Å²) in [4.78, 5) is 16.1. The Morgan fingerprint density at radius 2 is 1.96 bits per heavy atom. The van der Waals surface area contributed by atoms with Crippen molar-refractivity contribution in [1.29, 1.82) is 0 Å². The van der Waals surface area contributed by atoms with E-state index in [-0.39, 0.29) is 6.79 Å². The first-order valence-electron chi connectivity index (χ1n) is 7.13. The summed E-state index contributed by atoms with van der Waals surface area (Å²) in [5.74, 6) is 0.618. The van der Waals surface area contributed by atoms with Gasteiger partial charge in [-0.2, -0.15) is 0 Å². The van der Waals surface area contributed by atoms with Gasteiger partial charge >= 0.3 is 5.97 Å². The quantitative estimate of drug-likeness (QED) is 0.578. The number of carbonyl (C=O) groups excluding carboxylic acids is 1. The molecule has 0 saturated heterocycles. The van der Waals surface area contributed by atoms with Crippen LogP contribution in [0.4, 0.5) is 0 Å². The Hall–Kier alpha value is -2.60. The molecule has 0 unspecified atom stereocenters. The number of hydrogen-bond donors (Lipinski definition) is 0. The first-order valence-corrected chi connectivity index (χ1v) is 7.13. The van der Waals surface area contributed by atoms with Crippen LogP contribution >= 0.6 is 0 Å². The highest BCUT2D eigenvalue weighted by atomic mass is 16.7. The summed E-state index contributed by atoms with van der Waals surface area (Å²) in [5, 5.41) is 0. The van der Waals surface area contributed by atoms with Gasteiger partial charge in [-0.1, -0.05) is 6.07 Å². The van der Waals surface area contributed by atoms with E-state index in [4.69, 9.17) is 18.9 Å². The maximum atomic E-state index is 11.8. The molecule has 0 spiro atoms. The molecule has 0 aliphatic rings. The molecular weight excluding hydrogens is 298 g/mol. The first-order chi connectivity index (χ1) is 11.2. The molecule has 0 aliphatic carbocycles. The Kier molecular flexibility index (Phi) is 5.94. The molecular formula is C17H19NO5. The minimum absolute atomic E-state index is 0.0319. The van der Waals surface area contributed by atoms with Crippen LogP contribution in [0.1, 0.15) is 17.3 Å². The van der Waals surface area contributed by atoms with Crippen LogP contribution in [0.2, 0.25) is 0 Å². The highest BCUT2D eigenvalue weighted by molar-refractivity contribution is 5.93. The topological polar surface area (TPSA) is 66.9 Å². The minimum atomic E-state index is -0.470. The zero-order valence-corrected chi connectivity index (χ0v) is 13.4. The highest BCUT2D eigenvalue weighted by Crippen LogP contribution is 2.28. The van der Waals surface area contributed by atoms with Crippen LogP contribution in [0, 0.1) is 0 Å². The standard InChI is InChI=1S/C17H19NO5/c1-4-22-13-6-8-15(18-10-13)12-5-7-14(17(19)21-3)16(9-12)23-11-20-2/h5-10H,4,11H2,1-3H3. The molecule has 0 radical (unpaired) electrons. The summed E-state index contributed by atoms with van der Waals surface area (Å²) in [6, 6.07) is 8.85. The van der Waals surface area contributed by atoms with Crippen molar-refractivity contribution in [3.63, 3.8) is 0 Å². The summed E-state index contributed by atoms with van der Waals surface area (Å²) in [7, 11) is 2.83. The molecule has 0 atom stereocenters. The van der Waals surface area contributed by atoms with Crippen molar-refractivity contribution < 1.29 is 23.7 Å². The molecule has 1 aromatic carbocycles. The molecule has 6 nitrogen and oxygen atoms in total. The summed E-state index contributed by atoms with van der Waals surface area (Å²) in [6.45, 7) is 2.53. The van der Waals surface area contributed by atoms with E-state index in [0.29, 0.717) is 23.7 Å². The van der Waals surface area contributed by atoms with Gasteiger partial charge in [-0.15, -0.1) is 0 Å². The zero-order valence-electron chi connectivity index (χ0n) is 13.4. The van der Waals surface area contributed by atoms with E-state index >= 15 is 0 Å². The van der Waals surface area contributed by atoms with Gasteiger partial charge in [0.1, 0.15) is 17.1 Å². The number of nitrogens with zero attached hydrogens (tertiary/aromatic N) is 1. The third-order valence-electron chi connectivity index (χ3n) is 3.06. The Balaban J connectivity index is 2.33. The smallest absolute Gasteiger partial charge is 0.341 e. The van der Waals surface area contributed by atoms with Gasteiger partial charge in [0.15, 0.2) is 6.79 Å². The number of aromatic nitrogens is 1. The van der Waals surface area contributed by atoms with Crippen molar-refractivity contribution in [2.75, 3.05) is 27.6 Å². The third kappa shape index (κ3) is 4.20. The first kappa shape index (κ1) is 16.8. The largest absolute Gasteiger partial charge is 0.492 e. The average molecular weight is 317 g/mol. The Bertz CT molecular complexity index is 655. The fraction of sp³-hybridized carbons (Fsp3) is 0.294. The Labute approximate surface area is 135 Å². The summed E-state index contributed by atoms with van der Waals surface area (Å²) >= 11 is 0. The normalized spacial score (nSPS) is 10.2. The molecule has 2 aromatic rings. The van der Waals surface area contributed by atoms with E-state index in [1.54, 1.807) is 24.4 Å². The second kappa shape index (κ2) is 8.14. The van der Waals surface area contributed by atoms with Crippen LogP contribution < -0.4 is 9.47 Å². The van der Waals surface area contributed by atoms with E-state index in [1.807, 2.05) is 19.1 Å². The predicted molar refractivity (Wildman–Crippen MR) is 84.7 cm³/mol. The molecule has 0 aliphatic heterocycles. The van der Waals surface area contributed by atoms with E-state index in [1.165, 1.54) is 14.2 Å². The number of hydrogen-bond acceptors (Lipinski definition) is 6. The maximum Gasteiger partial charge on any atom is 0.341 e. The minimum Gasteiger partial charge on any atom is -0.492 e. The van der Waals surface area contributed by atoms with Crippen LogP contribution in [-0.4, -0.2) is 38.6 Å². The van der Waals surface area contributed by atoms with Crippen LogP contribution in [0.15, 0.2) is 36.5 Å². The molecule has 1 heterocycles. The number of methoxy groups -OCH3 is 2. The van der Waals surface area contributed by atoms with Gasteiger partial charge in [-0.3, -0.25) is 4.98 Å². The number of benzene rings is 1. The Morgan fingerprint density at radius 1 is 1.13 bits per heavy atom. The molecule has 0 bridgehead atoms. The van der Waals surface area contributed by atoms with E-state index < -0.39 is 5.97 Å². The van der Waals surface area contributed by atoms with Gasteiger partial charge in [0, 0.05) is 12.7 Å². The van der Waals surface area contributed by atoms with E-state index in [0.717, 1.165) is 11.3 Å². The second-order valence-electron chi connectivity index (χ2n) is 4.57. The van der Waals surface area contributed by atoms with E-state index in [9.17, 15) is 4.79 Å². The van der Waals surface area contributed by atoms with Crippen molar-refractivity contribution in [3.05, 3.63) is 42.1 Å². The van der Waals surface area contributed by atoms with Crippen LogP contribution in [-0.2, 0) is 9.47 Å². The molecule has 0 fully saturated rings. The Morgan fingerprint density at radius 3 is 2.57 bits per heavy atom. The molecule has 0 amide bonds. The predicted octanol–water partition coefficient (Wildman–Crippen LogP) is 2.92. The third-order valence-corrected chi connectivity index (χ3v) is 3.06. The molecule has 2 rings (SSSR count). The molecule has 6 heteroatoms. The van der Waals surface area contributed by atoms with Gasteiger partial charge < -0.3 is 18.9 Å². The lowest BCUT2D eigenvalue weighted by atomic mass is 10.1. The van der Waals surface area contributed by atoms with Crippen LogP contribution in [0.5, 0.6) is 11.5 Å². The van der Waals surface area contributed by atoms with Gasteiger partial charge in [0.2, 0.25) is 0 Å². The number of carbonyl (C=O) groups is 1. The van der Waals surface area contributed by atoms with Crippen LogP contribution in [0.3, 0.4) is 0 Å². The van der Waals surface area contributed by atoms with Gasteiger partial charge in [-0.05, 0) is 31.2 Å². The SMILES string of the molecule is CCOc1ccc(-c2ccc(C(=O)OC)c(OCOC)c2)nc1. The van der Waals surface area contributed by atoms with E-state index in [2.05, 4.69) is 4.98 Å². The lowest BCUT2D eigenvalue weighted by molar-refractivity contribution is 0.0465. The lowest BCUT2D eigenvalue weighted by Crippen LogP contribution is -2.07. The van der Waals surface area contributed by atoms with Crippen molar-refractivity contribution in [1.82, 2.24) is 4.98 Å². The van der Waals surface area contributed by atoms with Crippen molar-refractivity contribution in [2.24, 2.45) is 0 Å². The van der Waals surface area contributed by atoms with Gasteiger partial charge in [-0.25, -0.2) is 4.79 Å². The number of esters is 1. The number of rotatable bonds is 7. The molecule has 122 valence electrons.